The molecule has 0 saturated heterocycles. The highest BCUT2D eigenvalue weighted by Gasteiger charge is 2.14. The van der Waals surface area contributed by atoms with Gasteiger partial charge in [-0.25, -0.2) is 0 Å². The number of hydrogen-bond donors (Lipinski definition) is 1. The van der Waals surface area contributed by atoms with Gasteiger partial charge in [0.15, 0.2) is 0 Å². The van der Waals surface area contributed by atoms with Crippen LogP contribution in [0.5, 0.6) is 0 Å². The summed E-state index contributed by atoms with van der Waals surface area (Å²) in [4.78, 5) is 4.32. The number of nitrogens with zero attached hydrogens (tertiary/aromatic N) is 2. The van der Waals surface area contributed by atoms with Gasteiger partial charge in [0, 0.05) is 10.0 Å². The van der Waals surface area contributed by atoms with Crippen molar-refractivity contribution in [2.75, 3.05) is 0 Å². The molecular weight excluding hydrogens is 282 g/mol. The van der Waals surface area contributed by atoms with Crippen molar-refractivity contribution in [3.8, 4) is 11.4 Å². The fraction of sp³-hybridized carbons (Fsp3) is 0.333. The summed E-state index contributed by atoms with van der Waals surface area (Å²) in [5.41, 5.74) is 6.84. The monoisotopic (exact) mass is 295 g/mol. The SMILES string of the molecule is CCCC(N)c1nc(-c2cccc(Br)c2)no1. The van der Waals surface area contributed by atoms with Gasteiger partial charge in [-0.2, -0.15) is 4.98 Å². The topological polar surface area (TPSA) is 64.9 Å². The van der Waals surface area contributed by atoms with Gasteiger partial charge in [-0.15, -0.1) is 0 Å². The summed E-state index contributed by atoms with van der Waals surface area (Å²) in [6.45, 7) is 2.07. The third kappa shape index (κ3) is 2.92. The van der Waals surface area contributed by atoms with Crippen LogP contribution in [0.25, 0.3) is 11.4 Å². The molecule has 90 valence electrons. The van der Waals surface area contributed by atoms with Crippen LogP contribution >= 0.6 is 15.9 Å². The molecule has 1 atom stereocenters. The molecule has 0 bridgehead atoms. The second kappa shape index (κ2) is 5.42. The Bertz CT molecular complexity index is 498. The number of benzene rings is 1. The molecule has 2 aromatic rings. The first-order valence-electron chi connectivity index (χ1n) is 5.56. The van der Waals surface area contributed by atoms with E-state index in [9.17, 15) is 0 Å². The van der Waals surface area contributed by atoms with Gasteiger partial charge in [-0.1, -0.05) is 46.6 Å². The van der Waals surface area contributed by atoms with E-state index in [1.807, 2.05) is 24.3 Å². The lowest BCUT2D eigenvalue weighted by Gasteiger charge is -2.02. The first kappa shape index (κ1) is 12.3. The summed E-state index contributed by atoms with van der Waals surface area (Å²) in [6.07, 6.45) is 1.84. The summed E-state index contributed by atoms with van der Waals surface area (Å²) in [5.74, 6) is 1.08. The second-order valence-electron chi connectivity index (χ2n) is 3.86. The van der Waals surface area contributed by atoms with Crippen LogP contribution in [0.2, 0.25) is 0 Å². The quantitative estimate of drug-likeness (QED) is 0.940. The van der Waals surface area contributed by atoms with Crippen molar-refractivity contribution in [2.24, 2.45) is 5.73 Å². The Balaban J connectivity index is 2.23. The van der Waals surface area contributed by atoms with Crippen LogP contribution in [-0.4, -0.2) is 10.1 Å². The predicted molar refractivity (Wildman–Crippen MR) is 69.3 cm³/mol. The molecule has 1 unspecified atom stereocenters. The van der Waals surface area contributed by atoms with Gasteiger partial charge in [0.2, 0.25) is 11.7 Å². The Morgan fingerprint density at radius 3 is 3.00 bits per heavy atom. The number of rotatable bonds is 4. The second-order valence-corrected chi connectivity index (χ2v) is 4.78. The maximum atomic E-state index is 5.92. The van der Waals surface area contributed by atoms with Gasteiger partial charge >= 0.3 is 0 Å². The molecule has 0 amide bonds. The van der Waals surface area contributed by atoms with Crippen LogP contribution in [0.15, 0.2) is 33.3 Å². The summed E-state index contributed by atoms with van der Waals surface area (Å²) < 4.78 is 6.16. The lowest BCUT2D eigenvalue weighted by molar-refractivity contribution is 0.348. The molecule has 2 rings (SSSR count). The largest absolute Gasteiger partial charge is 0.337 e. The molecule has 4 nitrogen and oxygen atoms in total. The van der Waals surface area contributed by atoms with E-state index in [1.165, 1.54) is 0 Å². The van der Waals surface area contributed by atoms with Gasteiger partial charge in [0.05, 0.1) is 6.04 Å². The van der Waals surface area contributed by atoms with Gasteiger partial charge in [-0.05, 0) is 18.6 Å². The molecule has 17 heavy (non-hydrogen) atoms. The van der Waals surface area contributed by atoms with Crippen molar-refractivity contribution in [1.29, 1.82) is 0 Å². The molecule has 2 N–H and O–H groups in total. The zero-order chi connectivity index (χ0) is 12.3. The third-order valence-corrected chi connectivity index (χ3v) is 2.93. The van der Waals surface area contributed by atoms with E-state index in [1.54, 1.807) is 0 Å². The van der Waals surface area contributed by atoms with Crippen molar-refractivity contribution in [3.05, 3.63) is 34.6 Å². The molecule has 0 radical (unpaired) electrons. The van der Waals surface area contributed by atoms with Gasteiger partial charge in [0.25, 0.3) is 0 Å². The van der Waals surface area contributed by atoms with Crippen molar-refractivity contribution in [1.82, 2.24) is 10.1 Å². The summed E-state index contributed by atoms with van der Waals surface area (Å²) >= 11 is 3.41. The highest BCUT2D eigenvalue weighted by molar-refractivity contribution is 9.10. The van der Waals surface area contributed by atoms with E-state index in [0.29, 0.717) is 11.7 Å². The van der Waals surface area contributed by atoms with Crippen molar-refractivity contribution in [2.45, 2.75) is 25.8 Å². The van der Waals surface area contributed by atoms with Gasteiger partial charge < -0.3 is 10.3 Å². The van der Waals surface area contributed by atoms with Crippen LogP contribution in [0.4, 0.5) is 0 Å². The van der Waals surface area contributed by atoms with E-state index in [2.05, 4.69) is 33.0 Å². The molecule has 0 aliphatic heterocycles. The highest BCUT2D eigenvalue weighted by Crippen LogP contribution is 2.22. The molecule has 5 heteroatoms. The number of hydrogen-bond acceptors (Lipinski definition) is 4. The lowest BCUT2D eigenvalue weighted by Crippen LogP contribution is -2.09. The van der Waals surface area contributed by atoms with Crippen LogP contribution in [0.1, 0.15) is 31.7 Å². The average Bonchev–Trinajstić information content (AvgIpc) is 2.78. The number of halogens is 1. The van der Waals surface area contributed by atoms with Gasteiger partial charge in [0.1, 0.15) is 0 Å². The van der Waals surface area contributed by atoms with E-state index in [-0.39, 0.29) is 6.04 Å². The van der Waals surface area contributed by atoms with E-state index >= 15 is 0 Å². The molecular formula is C12H14BrN3O. The standard InChI is InChI=1S/C12H14BrN3O/c1-2-4-10(14)12-15-11(16-17-12)8-5-3-6-9(13)7-8/h3,5-7,10H,2,4,14H2,1H3. The summed E-state index contributed by atoms with van der Waals surface area (Å²) in [7, 11) is 0. The Hall–Kier alpha value is -1.20. The van der Waals surface area contributed by atoms with Crippen molar-refractivity contribution < 1.29 is 4.52 Å². The predicted octanol–water partition coefficient (Wildman–Crippen LogP) is 3.30. The maximum absolute atomic E-state index is 5.92. The minimum absolute atomic E-state index is 0.173. The Kier molecular flexibility index (Phi) is 3.91. The molecule has 0 fully saturated rings. The number of aromatic nitrogens is 2. The molecule has 0 saturated carbocycles. The summed E-state index contributed by atoms with van der Waals surface area (Å²) in [6, 6.07) is 7.59. The fourth-order valence-electron chi connectivity index (χ4n) is 1.57. The molecule has 1 aromatic carbocycles. The van der Waals surface area contributed by atoms with Gasteiger partial charge in [-0.3, -0.25) is 0 Å². The normalized spacial score (nSPS) is 12.6. The minimum Gasteiger partial charge on any atom is -0.337 e. The first-order valence-corrected chi connectivity index (χ1v) is 6.35. The Morgan fingerprint density at radius 2 is 2.29 bits per heavy atom. The third-order valence-electron chi connectivity index (χ3n) is 2.44. The van der Waals surface area contributed by atoms with Crippen LogP contribution < -0.4 is 5.73 Å². The Labute approximate surface area is 108 Å². The van der Waals surface area contributed by atoms with Crippen LogP contribution in [0.3, 0.4) is 0 Å². The highest BCUT2D eigenvalue weighted by atomic mass is 79.9. The fourth-order valence-corrected chi connectivity index (χ4v) is 1.96. The Morgan fingerprint density at radius 1 is 1.47 bits per heavy atom. The van der Waals surface area contributed by atoms with E-state index < -0.39 is 0 Å². The zero-order valence-electron chi connectivity index (χ0n) is 9.56. The molecule has 1 aromatic heterocycles. The summed E-state index contributed by atoms with van der Waals surface area (Å²) in [5, 5.41) is 3.94. The molecule has 0 aliphatic carbocycles. The number of nitrogens with two attached hydrogens (primary N) is 1. The van der Waals surface area contributed by atoms with E-state index in [4.69, 9.17) is 10.3 Å². The maximum Gasteiger partial charge on any atom is 0.243 e. The smallest absolute Gasteiger partial charge is 0.243 e. The van der Waals surface area contributed by atoms with Crippen molar-refractivity contribution >= 4 is 15.9 Å². The molecule has 0 spiro atoms. The van der Waals surface area contributed by atoms with E-state index in [0.717, 1.165) is 22.9 Å². The lowest BCUT2D eigenvalue weighted by atomic mass is 10.2. The molecule has 1 heterocycles. The molecule has 0 aliphatic rings. The van der Waals surface area contributed by atoms with Crippen molar-refractivity contribution in [3.63, 3.8) is 0 Å². The minimum atomic E-state index is -0.173. The van der Waals surface area contributed by atoms with Crippen LogP contribution in [0, 0.1) is 0 Å². The zero-order valence-corrected chi connectivity index (χ0v) is 11.1. The van der Waals surface area contributed by atoms with Crippen LogP contribution in [-0.2, 0) is 0 Å². The average molecular weight is 296 g/mol. The first-order chi connectivity index (χ1) is 8.20.